The number of benzene rings is 1. The van der Waals surface area contributed by atoms with Crippen molar-refractivity contribution in [1.82, 2.24) is 24.7 Å². The number of fused-ring (bicyclic) bond motifs is 1. The molecular weight excluding hydrogens is 498 g/mol. The lowest BCUT2D eigenvalue weighted by Gasteiger charge is -2.43. The molecule has 1 saturated carbocycles. The molecule has 0 bridgehead atoms. The van der Waals surface area contributed by atoms with Gasteiger partial charge in [-0.05, 0) is 55.4 Å². The zero-order valence-electron chi connectivity index (χ0n) is 18.4. The average Bonchev–Trinajstić information content (AvgIpc) is 3.21. The minimum absolute atomic E-state index is 0.0185. The summed E-state index contributed by atoms with van der Waals surface area (Å²) < 4.78 is 62.1. The van der Waals surface area contributed by atoms with Crippen LogP contribution in [0.15, 0.2) is 29.3 Å². The minimum Gasteiger partial charge on any atom is -0.380 e. The van der Waals surface area contributed by atoms with Crippen molar-refractivity contribution in [2.24, 2.45) is 5.41 Å². The summed E-state index contributed by atoms with van der Waals surface area (Å²) in [5.74, 6) is 0. The highest BCUT2D eigenvalue weighted by Crippen LogP contribution is 2.45. The molecule has 1 spiro atoms. The van der Waals surface area contributed by atoms with Gasteiger partial charge in [-0.1, -0.05) is 17.4 Å². The molecule has 3 aliphatic rings. The fourth-order valence-electron chi connectivity index (χ4n) is 4.59. The number of ether oxygens (including phenoxy) is 1. The quantitative estimate of drug-likeness (QED) is 0.527. The summed E-state index contributed by atoms with van der Waals surface area (Å²) in [5.41, 5.74) is 1.19. The van der Waals surface area contributed by atoms with E-state index >= 15 is 0 Å². The standard InChI is InChI=1S/C22H20F2N6O3S2/c23-18(24)19-27-28-20(34-19)30-17-8-14(35(31,32)29-22(10-25)5-6-22)7-15(16(17)9-26-30)13-1-3-21(4-2-13)11-33-12-21/h1,7-9,18,29H,2-6,11-12H2. The van der Waals surface area contributed by atoms with Gasteiger partial charge in [0.05, 0.1) is 35.9 Å². The summed E-state index contributed by atoms with van der Waals surface area (Å²) in [4.78, 5) is -0.0185. The van der Waals surface area contributed by atoms with E-state index in [1.165, 1.54) is 10.7 Å². The molecule has 0 radical (unpaired) electrons. The van der Waals surface area contributed by atoms with Gasteiger partial charge in [0.25, 0.3) is 6.43 Å². The van der Waals surface area contributed by atoms with Crippen LogP contribution >= 0.6 is 11.3 Å². The summed E-state index contributed by atoms with van der Waals surface area (Å²) >= 11 is 0.694. The smallest absolute Gasteiger partial charge is 0.291 e. The first-order valence-corrected chi connectivity index (χ1v) is 13.4. The van der Waals surface area contributed by atoms with Gasteiger partial charge in [0.15, 0.2) is 5.01 Å². The van der Waals surface area contributed by atoms with Crippen LogP contribution in [0, 0.1) is 16.7 Å². The molecule has 0 unspecified atom stereocenters. The van der Waals surface area contributed by atoms with Crippen molar-refractivity contribution in [2.75, 3.05) is 13.2 Å². The number of allylic oxidation sites excluding steroid dienone is 2. The molecule has 182 valence electrons. The van der Waals surface area contributed by atoms with Gasteiger partial charge in [0, 0.05) is 10.8 Å². The van der Waals surface area contributed by atoms with E-state index in [1.807, 2.05) is 6.07 Å². The van der Waals surface area contributed by atoms with E-state index in [1.54, 1.807) is 12.3 Å². The van der Waals surface area contributed by atoms with Gasteiger partial charge in [0.1, 0.15) is 5.54 Å². The Kier molecular flexibility index (Phi) is 5.09. The van der Waals surface area contributed by atoms with E-state index in [2.05, 4.69) is 26.1 Å². The predicted molar refractivity (Wildman–Crippen MR) is 122 cm³/mol. The largest absolute Gasteiger partial charge is 0.380 e. The maximum atomic E-state index is 13.3. The van der Waals surface area contributed by atoms with Crippen molar-refractivity contribution < 1.29 is 21.9 Å². The molecule has 2 aromatic heterocycles. The monoisotopic (exact) mass is 518 g/mol. The lowest BCUT2D eigenvalue weighted by molar-refractivity contribution is -0.116. The molecule has 1 N–H and O–H groups in total. The van der Waals surface area contributed by atoms with Crippen molar-refractivity contribution in [2.45, 2.75) is 49.0 Å². The van der Waals surface area contributed by atoms with Crippen LogP contribution in [0.5, 0.6) is 0 Å². The molecule has 1 saturated heterocycles. The van der Waals surface area contributed by atoms with Crippen LogP contribution in [0.25, 0.3) is 21.6 Å². The maximum Gasteiger partial charge on any atom is 0.291 e. The second-order valence-electron chi connectivity index (χ2n) is 9.41. The zero-order valence-corrected chi connectivity index (χ0v) is 20.0. The average molecular weight is 519 g/mol. The van der Waals surface area contributed by atoms with Gasteiger partial charge in [0.2, 0.25) is 15.2 Å². The number of hydrogen-bond acceptors (Lipinski definition) is 8. The summed E-state index contributed by atoms with van der Waals surface area (Å²) in [6.07, 6.45) is 4.35. The second kappa shape index (κ2) is 7.86. The molecule has 1 aromatic carbocycles. The summed E-state index contributed by atoms with van der Waals surface area (Å²) in [7, 11) is -4.04. The van der Waals surface area contributed by atoms with Crippen LogP contribution in [-0.4, -0.2) is 47.1 Å². The molecule has 3 aromatic rings. The lowest BCUT2D eigenvalue weighted by atomic mass is 9.72. The Labute approximate surface area is 203 Å². The molecule has 2 aliphatic carbocycles. The van der Waals surface area contributed by atoms with Gasteiger partial charge < -0.3 is 4.74 Å². The van der Waals surface area contributed by atoms with Crippen molar-refractivity contribution in [3.8, 4) is 11.2 Å². The molecule has 0 amide bonds. The van der Waals surface area contributed by atoms with E-state index in [-0.39, 0.29) is 15.4 Å². The Balaban J connectivity index is 1.49. The second-order valence-corrected chi connectivity index (χ2v) is 12.1. The third-order valence-corrected chi connectivity index (χ3v) is 9.35. The normalized spacial score (nSPS) is 20.6. The molecule has 13 heteroatoms. The fourth-order valence-corrected chi connectivity index (χ4v) is 6.69. The number of alkyl halides is 2. The number of rotatable bonds is 6. The van der Waals surface area contributed by atoms with Gasteiger partial charge in [-0.2, -0.15) is 15.1 Å². The molecule has 6 rings (SSSR count). The lowest BCUT2D eigenvalue weighted by Crippen LogP contribution is -2.43. The van der Waals surface area contributed by atoms with Crippen LogP contribution in [0.4, 0.5) is 8.78 Å². The SMILES string of the molecule is N#CC1(NS(=O)(=O)c2cc(C3=CCC4(CC3)COC4)c3cnn(-c4nnc(C(F)F)s4)c3c2)CC1. The minimum atomic E-state index is -4.04. The molecular formula is C22H20F2N6O3S2. The van der Waals surface area contributed by atoms with Crippen molar-refractivity contribution in [3.63, 3.8) is 0 Å². The fraction of sp³-hybridized carbons (Fsp3) is 0.455. The molecule has 9 nitrogen and oxygen atoms in total. The predicted octanol–water partition coefficient (Wildman–Crippen LogP) is 3.73. The number of nitriles is 1. The maximum absolute atomic E-state index is 13.3. The first-order valence-electron chi connectivity index (χ1n) is 11.1. The first kappa shape index (κ1) is 22.7. The van der Waals surface area contributed by atoms with E-state index in [0.29, 0.717) is 40.6 Å². The molecule has 0 atom stereocenters. The Morgan fingerprint density at radius 2 is 2.03 bits per heavy atom. The van der Waals surface area contributed by atoms with Crippen molar-refractivity contribution >= 4 is 37.8 Å². The molecule has 35 heavy (non-hydrogen) atoms. The number of hydrogen-bond donors (Lipinski definition) is 1. The summed E-state index contributed by atoms with van der Waals surface area (Å²) in [5, 5.41) is 21.5. The van der Waals surface area contributed by atoms with E-state index < -0.39 is 27.0 Å². The highest BCUT2D eigenvalue weighted by molar-refractivity contribution is 7.89. The Hall–Kier alpha value is -2.79. The molecule has 3 heterocycles. The van der Waals surface area contributed by atoms with Crippen molar-refractivity contribution in [1.29, 1.82) is 5.26 Å². The van der Waals surface area contributed by atoms with Crippen LogP contribution in [0.2, 0.25) is 0 Å². The number of nitrogens with zero attached hydrogens (tertiary/aromatic N) is 5. The highest BCUT2D eigenvalue weighted by atomic mass is 32.2. The Morgan fingerprint density at radius 1 is 1.23 bits per heavy atom. The van der Waals surface area contributed by atoms with Crippen LogP contribution in [0.1, 0.15) is 49.1 Å². The van der Waals surface area contributed by atoms with E-state index in [0.717, 1.165) is 38.0 Å². The number of nitrogens with one attached hydrogen (secondary N) is 1. The molecule has 2 fully saturated rings. The number of sulfonamides is 1. The van der Waals surface area contributed by atoms with Gasteiger partial charge >= 0.3 is 0 Å². The molecule has 1 aliphatic heterocycles. The van der Waals surface area contributed by atoms with Gasteiger partial charge in [-0.3, -0.25) is 0 Å². The Morgan fingerprint density at radius 3 is 2.60 bits per heavy atom. The van der Waals surface area contributed by atoms with Crippen LogP contribution in [-0.2, 0) is 14.8 Å². The first-order chi connectivity index (χ1) is 16.7. The third kappa shape index (κ3) is 3.85. The van der Waals surface area contributed by atoms with Gasteiger partial charge in [-0.25, -0.2) is 21.9 Å². The van der Waals surface area contributed by atoms with Crippen LogP contribution in [0.3, 0.4) is 0 Å². The topological polar surface area (TPSA) is 123 Å². The Bertz CT molecular complexity index is 1510. The number of halogens is 2. The third-order valence-electron chi connectivity index (χ3n) is 6.93. The summed E-state index contributed by atoms with van der Waals surface area (Å²) in [6.45, 7) is 1.45. The van der Waals surface area contributed by atoms with E-state index in [9.17, 15) is 22.5 Å². The summed E-state index contributed by atoms with van der Waals surface area (Å²) in [6, 6.07) is 5.09. The van der Waals surface area contributed by atoms with E-state index in [4.69, 9.17) is 4.74 Å². The number of aromatic nitrogens is 4. The van der Waals surface area contributed by atoms with Gasteiger partial charge in [-0.15, -0.1) is 10.2 Å². The highest BCUT2D eigenvalue weighted by Gasteiger charge is 2.47. The van der Waals surface area contributed by atoms with Crippen LogP contribution < -0.4 is 4.72 Å². The van der Waals surface area contributed by atoms with Crippen molar-refractivity contribution in [3.05, 3.63) is 35.0 Å². The zero-order chi connectivity index (χ0) is 24.4.